The maximum Gasteiger partial charge on any atom is 0.271 e. The molecule has 0 bridgehead atoms. The van der Waals surface area contributed by atoms with Crippen molar-refractivity contribution in [3.63, 3.8) is 0 Å². The Labute approximate surface area is 139 Å². The normalized spacial score (nSPS) is 17.7. The number of nitrogens with zero attached hydrogens (tertiary/aromatic N) is 2. The van der Waals surface area contributed by atoms with E-state index in [1.165, 1.54) is 12.1 Å². The van der Waals surface area contributed by atoms with E-state index in [0.29, 0.717) is 24.2 Å². The third-order valence-corrected chi connectivity index (χ3v) is 4.11. The summed E-state index contributed by atoms with van der Waals surface area (Å²) in [5.74, 6) is -1.51. The van der Waals surface area contributed by atoms with Crippen LogP contribution in [-0.4, -0.2) is 35.3 Å². The monoisotopic (exact) mass is 334 g/mol. The van der Waals surface area contributed by atoms with E-state index < -0.39 is 11.6 Å². The van der Waals surface area contributed by atoms with Crippen molar-refractivity contribution in [2.45, 2.75) is 25.3 Å². The summed E-state index contributed by atoms with van der Waals surface area (Å²) in [7, 11) is 0. The van der Waals surface area contributed by atoms with Crippen molar-refractivity contribution in [3.8, 4) is 0 Å². The van der Waals surface area contributed by atoms with Gasteiger partial charge in [0, 0.05) is 25.4 Å². The Kier molecular flexibility index (Phi) is 5.20. The van der Waals surface area contributed by atoms with Gasteiger partial charge in [-0.3, -0.25) is 9.48 Å². The smallest absolute Gasteiger partial charge is 0.271 e. The first-order valence-corrected chi connectivity index (χ1v) is 8.11. The van der Waals surface area contributed by atoms with E-state index in [9.17, 15) is 13.6 Å². The second kappa shape index (κ2) is 7.53. The van der Waals surface area contributed by atoms with Gasteiger partial charge in [0.2, 0.25) is 0 Å². The van der Waals surface area contributed by atoms with Gasteiger partial charge in [-0.25, -0.2) is 8.78 Å². The molecule has 0 spiro atoms. The number of rotatable bonds is 5. The molecule has 1 aromatic carbocycles. The average molecular weight is 334 g/mol. The van der Waals surface area contributed by atoms with Crippen molar-refractivity contribution in [2.75, 3.05) is 19.6 Å². The highest BCUT2D eigenvalue weighted by Crippen LogP contribution is 2.15. The van der Waals surface area contributed by atoms with Gasteiger partial charge in [0.25, 0.3) is 5.91 Å². The zero-order chi connectivity index (χ0) is 16.9. The highest BCUT2D eigenvalue weighted by atomic mass is 19.1. The summed E-state index contributed by atoms with van der Waals surface area (Å²) in [6, 6.07) is 5.32. The summed E-state index contributed by atoms with van der Waals surface area (Å²) in [6.07, 6.45) is 4.30. The van der Waals surface area contributed by atoms with Crippen LogP contribution in [0.3, 0.4) is 0 Å². The number of carbonyl (C=O) groups is 1. The van der Waals surface area contributed by atoms with Gasteiger partial charge in [0.15, 0.2) is 0 Å². The minimum Gasteiger partial charge on any atom is -0.350 e. The van der Waals surface area contributed by atoms with Gasteiger partial charge in [-0.2, -0.15) is 5.10 Å². The van der Waals surface area contributed by atoms with Gasteiger partial charge in [-0.1, -0.05) is 0 Å². The first-order valence-electron chi connectivity index (χ1n) is 8.11. The van der Waals surface area contributed by atoms with E-state index in [4.69, 9.17) is 0 Å². The quantitative estimate of drug-likeness (QED) is 0.880. The number of carbonyl (C=O) groups excluding carboxylic acids is 1. The molecule has 5 nitrogen and oxygen atoms in total. The third-order valence-electron chi connectivity index (χ3n) is 4.11. The molecule has 128 valence electrons. The number of amides is 1. The molecule has 0 aliphatic carbocycles. The van der Waals surface area contributed by atoms with Crippen LogP contribution in [0.2, 0.25) is 0 Å². The Morgan fingerprint density at radius 2 is 2.12 bits per heavy atom. The molecular formula is C17H20F2N4O. The Hall–Kier alpha value is -2.28. The van der Waals surface area contributed by atoms with Crippen LogP contribution in [0.15, 0.2) is 30.5 Å². The molecule has 1 atom stereocenters. The van der Waals surface area contributed by atoms with Gasteiger partial charge in [-0.05, 0) is 49.6 Å². The van der Waals surface area contributed by atoms with Crippen LogP contribution in [0.1, 0.15) is 34.9 Å². The molecule has 1 amide bonds. The fraction of sp³-hybridized carbons (Fsp3) is 0.412. The van der Waals surface area contributed by atoms with Crippen LogP contribution >= 0.6 is 0 Å². The van der Waals surface area contributed by atoms with Crippen molar-refractivity contribution in [1.82, 2.24) is 20.4 Å². The summed E-state index contributed by atoms with van der Waals surface area (Å²) in [5.41, 5.74) is 0.859. The summed E-state index contributed by atoms with van der Waals surface area (Å²) in [4.78, 5) is 12.1. The summed E-state index contributed by atoms with van der Waals surface area (Å²) in [5, 5.41) is 10.4. The number of hydrogen-bond acceptors (Lipinski definition) is 3. The average Bonchev–Trinajstić information content (AvgIpc) is 3.05. The standard InChI is InChI=1S/C17H20F2N4O/c18-13-8-12(9-14(19)10-13)3-6-21-17(24)16-4-7-23(22-16)15-2-1-5-20-11-15/h4,7-10,15,20H,1-3,5-6,11H2,(H,21,24). The van der Waals surface area contributed by atoms with Crippen LogP contribution in [0.25, 0.3) is 0 Å². The van der Waals surface area contributed by atoms with Crippen molar-refractivity contribution in [2.24, 2.45) is 0 Å². The number of hydrogen-bond donors (Lipinski definition) is 2. The van der Waals surface area contributed by atoms with E-state index in [2.05, 4.69) is 15.7 Å². The van der Waals surface area contributed by atoms with Crippen molar-refractivity contribution in [1.29, 1.82) is 0 Å². The first-order chi connectivity index (χ1) is 11.6. The second-order valence-corrected chi connectivity index (χ2v) is 5.96. The number of aromatic nitrogens is 2. The largest absolute Gasteiger partial charge is 0.350 e. The number of benzene rings is 1. The maximum absolute atomic E-state index is 13.1. The van der Waals surface area contributed by atoms with E-state index in [1.807, 2.05) is 10.9 Å². The topological polar surface area (TPSA) is 59.0 Å². The van der Waals surface area contributed by atoms with Gasteiger partial charge >= 0.3 is 0 Å². The fourth-order valence-electron chi connectivity index (χ4n) is 2.89. The van der Waals surface area contributed by atoms with Crippen LogP contribution < -0.4 is 10.6 Å². The van der Waals surface area contributed by atoms with Crippen LogP contribution in [0.5, 0.6) is 0 Å². The van der Waals surface area contributed by atoms with Gasteiger partial charge in [0.1, 0.15) is 17.3 Å². The Morgan fingerprint density at radius 1 is 1.33 bits per heavy atom. The van der Waals surface area contributed by atoms with Crippen molar-refractivity contribution < 1.29 is 13.6 Å². The molecule has 2 aromatic rings. The molecule has 1 aliphatic rings. The van der Waals surface area contributed by atoms with Crippen LogP contribution in [0, 0.1) is 11.6 Å². The molecule has 0 radical (unpaired) electrons. The zero-order valence-corrected chi connectivity index (χ0v) is 13.3. The minimum atomic E-state index is -0.615. The summed E-state index contributed by atoms with van der Waals surface area (Å²) in [6.45, 7) is 2.17. The molecule has 1 aromatic heterocycles. The minimum absolute atomic E-state index is 0.274. The van der Waals surface area contributed by atoms with Crippen molar-refractivity contribution in [3.05, 3.63) is 53.4 Å². The van der Waals surface area contributed by atoms with Gasteiger partial charge in [0.05, 0.1) is 6.04 Å². The van der Waals surface area contributed by atoms with Crippen molar-refractivity contribution >= 4 is 5.91 Å². The molecule has 1 fully saturated rings. The Balaban J connectivity index is 1.52. The molecule has 2 N–H and O–H groups in total. The van der Waals surface area contributed by atoms with Crippen LogP contribution in [0.4, 0.5) is 8.78 Å². The predicted octanol–water partition coefficient (Wildman–Crippen LogP) is 2.06. The SMILES string of the molecule is O=C(NCCc1cc(F)cc(F)c1)c1ccn(C2CCCNC2)n1. The molecule has 0 saturated carbocycles. The predicted molar refractivity (Wildman–Crippen MR) is 85.8 cm³/mol. The lowest BCUT2D eigenvalue weighted by Crippen LogP contribution is -2.32. The lowest BCUT2D eigenvalue weighted by molar-refractivity contribution is 0.0948. The molecule has 1 aliphatic heterocycles. The molecule has 2 heterocycles. The molecule has 7 heteroatoms. The highest BCUT2D eigenvalue weighted by Gasteiger charge is 2.17. The van der Waals surface area contributed by atoms with E-state index in [-0.39, 0.29) is 11.9 Å². The Morgan fingerprint density at radius 3 is 2.83 bits per heavy atom. The molecule has 1 saturated heterocycles. The summed E-state index contributed by atoms with van der Waals surface area (Å²) >= 11 is 0. The van der Waals surface area contributed by atoms with E-state index >= 15 is 0 Å². The van der Waals surface area contributed by atoms with Gasteiger partial charge < -0.3 is 10.6 Å². The second-order valence-electron chi connectivity index (χ2n) is 5.96. The lowest BCUT2D eigenvalue weighted by atomic mass is 10.1. The first kappa shape index (κ1) is 16.6. The number of nitrogens with one attached hydrogen (secondary N) is 2. The molecule has 3 rings (SSSR count). The fourth-order valence-corrected chi connectivity index (χ4v) is 2.89. The van der Waals surface area contributed by atoms with E-state index in [1.54, 1.807) is 6.07 Å². The molecular weight excluding hydrogens is 314 g/mol. The van der Waals surface area contributed by atoms with E-state index in [0.717, 1.165) is 32.0 Å². The third kappa shape index (κ3) is 4.17. The molecule has 1 unspecified atom stereocenters. The zero-order valence-electron chi connectivity index (χ0n) is 13.3. The number of piperidine rings is 1. The van der Waals surface area contributed by atoms with Crippen LogP contribution in [-0.2, 0) is 6.42 Å². The summed E-state index contributed by atoms with van der Waals surface area (Å²) < 4.78 is 28.0. The van der Waals surface area contributed by atoms with Gasteiger partial charge in [-0.15, -0.1) is 0 Å². The lowest BCUT2D eigenvalue weighted by Gasteiger charge is -2.22. The number of halogens is 2. The highest BCUT2D eigenvalue weighted by molar-refractivity contribution is 5.92. The molecule has 24 heavy (non-hydrogen) atoms. The maximum atomic E-state index is 13.1. The Bertz CT molecular complexity index is 690.